The topological polar surface area (TPSA) is 48.9 Å². The molecule has 2 N–H and O–H groups in total. The zero-order valence-electron chi connectivity index (χ0n) is 16.1. The van der Waals surface area contributed by atoms with Gasteiger partial charge in [-0.25, -0.2) is 0 Å². The smallest absolute Gasteiger partial charge is 0.387 e. The first kappa shape index (κ1) is 24.1. The molecule has 0 saturated carbocycles. The summed E-state index contributed by atoms with van der Waals surface area (Å²) in [6.45, 7) is -0.0995. The summed E-state index contributed by atoms with van der Waals surface area (Å²) in [7, 11) is 3.73. The normalized spacial score (nSPS) is 11.3. The van der Waals surface area contributed by atoms with Crippen LogP contribution in [0.5, 0.6) is 5.75 Å². The molecule has 0 fully saturated rings. The number of likely N-dealkylation sites (N-methyl/N-ethyl adjacent to an activating group) is 1. The average molecular weight is 504 g/mol. The Balaban J connectivity index is 0.00000392. The highest BCUT2D eigenvalue weighted by Gasteiger charge is 2.09. The van der Waals surface area contributed by atoms with Crippen LogP contribution in [0, 0.1) is 0 Å². The van der Waals surface area contributed by atoms with Crippen LogP contribution in [0.15, 0.2) is 59.6 Å². The van der Waals surface area contributed by atoms with E-state index in [1.807, 2.05) is 18.2 Å². The number of rotatable bonds is 9. The van der Waals surface area contributed by atoms with Crippen LogP contribution in [-0.4, -0.2) is 44.7 Å². The van der Waals surface area contributed by atoms with Gasteiger partial charge in [-0.15, -0.1) is 24.0 Å². The van der Waals surface area contributed by atoms with Gasteiger partial charge in [-0.2, -0.15) is 8.78 Å². The second-order valence-corrected chi connectivity index (χ2v) is 6.06. The quantitative estimate of drug-likeness (QED) is 0.311. The maximum Gasteiger partial charge on any atom is 0.387 e. The summed E-state index contributed by atoms with van der Waals surface area (Å²) in [5.74, 6) is 0.771. The van der Waals surface area contributed by atoms with Crippen molar-refractivity contribution < 1.29 is 13.5 Å². The third-order valence-corrected chi connectivity index (χ3v) is 3.94. The van der Waals surface area contributed by atoms with Gasteiger partial charge in [-0.1, -0.05) is 48.5 Å². The number of benzene rings is 2. The fraction of sp³-hybridized carbons (Fsp3) is 0.350. The van der Waals surface area contributed by atoms with E-state index in [1.54, 1.807) is 25.2 Å². The lowest BCUT2D eigenvalue weighted by molar-refractivity contribution is -0.0504. The molecule has 0 spiro atoms. The molecule has 0 aliphatic carbocycles. The van der Waals surface area contributed by atoms with Crippen molar-refractivity contribution in [2.24, 2.45) is 4.99 Å². The van der Waals surface area contributed by atoms with Gasteiger partial charge in [0.2, 0.25) is 0 Å². The SMILES string of the molecule is CN=C(NCCN(C)Cc1ccccc1)NCc1ccccc1OC(F)F.I. The van der Waals surface area contributed by atoms with Gasteiger partial charge in [-0.05, 0) is 18.7 Å². The largest absolute Gasteiger partial charge is 0.434 e. The van der Waals surface area contributed by atoms with Crippen molar-refractivity contribution in [2.75, 3.05) is 27.2 Å². The van der Waals surface area contributed by atoms with Crippen molar-refractivity contribution in [3.63, 3.8) is 0 Å². The molecule has 2 aromatic rings. The number of nitrogens with zero attached hydrogens (tertiary/aromatic N) is 2. The first-order valence-corrected chi connectivity index (χ1v) is 8.78. The average Bonchev–Trinajstić information content (AvgIpc) is 2.66. The molecule has 2 rings (SSSR count). The molecule has 0 radical (unpaired) electrons. The van der Waals surface area contributed by atoms with Crippen LogP contribution < -0.4 is 15.4 Å². The van der Waals surface area contributed by atoms with Gasteiger partial charge in [0, 0.05) is 38.8 Å². The molecule has 5 nitrogen and oxygen atoms in total. The Labute approximate surface area is 182 Å². The van der Waals surface area contributed by atoms with Crippen molar-refractivity contribution in [3.05, 3.63) is 65.7 Å². The Morgan fingerprint density at radius 3 is 2.43 bits per heavy atom. The van der Waals surface area contributed by atoms with Crippen LogP contribution in [0.2, 0.25) is 0 Å². The summed E-state index contributed by atoms with van der Waals surface area (Å²) in [5.41, 5.74) is 1.90. The van der Waals surface area contributed by atoms with Crippen LogP contribution in [0.3, 0.4) is 0 Å². The van der Waals surface area contributed by atoms with E-state index < -0.39 is 6.61 Å². The van der Waals surface area contributed by atoms with E-state index in [2.05, 4.69) is 44.4 Å². The zero-order valence-corrected chi connectivity index (χ0v) is 18.4. The molecule has 8 heteroatoms. The lowest BCUT2D eigenvalue weighted by atomic mass is 10.2. The van der Waals surface area contributed by atoms with Crippen LogP contribution >= 0.6 is 24.0 Å². The van der Waals surface area contributed by atoms with Crippen molar-refractivity contribution in [1.29, 1.82) is 0 Å². The van der Waals surface area contributed by atoms with Crippen LogP contribution in [0.25, 0.3) is 0 Å². The number of para-hydroxylation sites is 1. The van der Waals surface area contributed by atoms with Gasteiger partial charge >= 0.3 is 6.61 Å². The van der Waals surface area contributed by atoms with E-state index in [0.29, 0.717) is 24.6 Å². The Bertz CT molecular complexity index is 716. The van der Waals surface area contributed by atoms with Crippen molar-refractivity contribution in [2.45, 2.75) is 19.7 Å². The minimum Gasteiger partial charge on any atom is -0.434 e. The standard InChI is InChI=1S/C20H26F2N4O.HI/c1-23-20(24-12-13-26(2)15-16-8-4-3-5-9-16)25-14-17-10-6-7-11-18(17)27-19(21)22;/h3-11,19H,12-15H2,1-2H3,(H2,23,24,25);1H. The highest BCUT2D eigenvalue weighted by molar-refractivity contribution is 14.0. The Hall–Kier alpha value is -1.94. The van der Waals surface area contributed by atoms with Crippen molar-refractivity contribution >= 4 is 29.9 Å². The van der Waals surface area contributed by atoms with Gasteiger partial charge in [-0.3, -0.25) is 4.99 Å². The predicted octanol–water partition coefficient (Wildman–Crippen LogP) is 3.70. The first-order valence-electron chi connectivity index (χ1n) is 8.78. The maximum absolute atomic E-state index is 12.5. The zero-order chi connectivity index (χ0) is 19.5. The van der Waals surface area contributed by atoms with Gasteiger partial charge in [0.25, 0.3) is 0 Å². The lowest BCUT2D eigenvalue weighted by Gasteiger charge is -2.19. The summed E-state index contributed by atoms with van der Waals surface area (Å²) in [6.07, 6.45) is 0. The molecule has 0 amide bonds. The molecular formula is C20H27F2IN4O. The summed E-state index contributed by atoms with van der Waals surface area (Å²) < 4.78 is 29.5. The summed E-state index contributed by atoms with van der Waals surface area (Å²) in [6, 6.07) is 17.0. The summed E-state index contributed by atoms with van der Waals surface area (Å²) in [4.78, 5) is 6.37. The molecule has 0 aliphatic heterocycles. The molecule has 0 aromatic heterocycles. The van der Waals surface area contributed by atoms with Gasteiger partial charge in [0.05, 0.1) is 0 Å². The Morgan fingerprint density at radius 1 is 1.07 bits per heavy atom. The number of hydrogen-bond acceptors (Lipinski definition) is 3. The highest BCUT2D eigenvalue weighted by Crippen LogP contribution is 2.19. The van der Waals surface area contributed by atoms with E-state index >= 15 is 0 Å². The van der Waals surface area contributed by atoms with E-state index in [9.17, 15) is 8.78 Å². The molecule has 154 valence electrons. The van der Waals surface area contributed by atoms with Gasteiger partial charge in [0.15, 0.2) is 5.96 Å². The number of ether oxygens (including phenoxy) is 1. The molecular weight excluding hydrogens is 477 g/mol. The van der Waals surface area contributed by atoms with Crippen molar-refractivity contribution in [1.82, 2.24) is 15.5 Å². The third kappa shape index (κ3) is 8.83. The van der Waals surface area contributed by atoms with E-state index in [4.69, 9.17) is 0 Å². The van der Waals surface area contributed by atoms with E-state index in [0.717, 1.165) is 13.1 Å². The minimum absolute atomic E-state index is 0. The number of guanidine groups is 1. The number of hydrogen-bond donors (Lipinski definition) is 2. The Morgan fingerprint density at radius 2 is 1.75 bits per heavy atom. The summed E-state index contributed by atoms with van der Waals surface area (Å²) >= 11 is 0. The number of nitrogens with one attached hydrogen (secondary N) is 2. The molecule has 0 atom stereocenters. The first-order chi connectivity index (χ1) is 13.1. The molecule has 0 unspecified atom stereocenters. The monoisotopic (exact) mass is 504 g/mol. The molecule has 0 bridgehead atoms. The van der Waals surface area contributed by atoms with Crippen molar-refractivity contribution in [3.8, 4) is 5.75 Å². The number of aliphatic imine (C=N–C) groups is 1. The van der Waals surface area contributed by atoms with Gasteiger partial charge < -0.3 is 20.3 Å². The molecule has 2 aromatic carbocycles. The maximum atomic E-state index is 12.5. The molecule has 0 aliphatic rings. The van der Waals surface area contributed by atoms with Crippen LogP contribution in [-0.2, 0) is 13.1 Å². The minimum atomic E-state index is -2.84. The molecule has 28 heavy (non-hydrogen) atoms. The second-order valence-electron chi connectivity index (χ2n) is 6.06. The fourth-order valence-corrected chi connectivity index (χ4v) is 2.60. The van der Waals surface area contributed by atoms with Crippen LogP contribution in [0.4, 0.5) is 8.78 Å². The van der Waals surface area contributed by atoms with E-state index in [-0.39, 0.29) is 29.7 Å². The lowest BCUT2D eigenvalue weighted by Crippen LogP contribution is -2.40. The Kier molecular flexibility index (Phi) is 11.4. The number of halogens is 3. The van der Waals surface area contributed by atoms with Gasteiger partial charge in [0.1, 0.15) is 5.75 Å². The van der Waals surface area contributed by atoms with E-state index in [1.165, 1.54) is 11.6 Å². The molecule has 0 heterocycles. The summed E-state index contributed by atoms with van der Waals surface area (Å²) in [5, 5.41) is 6.34. The second kappa shape index (κ2) is 13.3. The van der Waals surface area contributed by atoms with Crippen LogP contribution in [0.1, 0.15) is 11.1 Å². The number of alkyl halides is 2. The predicted molar refractivity (Wildman–Crippen MR) is 119 cm³/mol. The highest BCUT2D eigenvalue weighted by atomic mass is 127. The molecule has 0 saturated heterocycles. The fourth-order valence-electron chi connectivity index (χ4n) is 2.60. The third-order valence-electron chi connectivity index (χ3n) is 3.94.